The van der Waals surface area contributed by atoms with Crippen molar-refractivity contribution >= 4 is 21.4 Å². The van der Waals surface area contributed by atoms with Gasteiger partial charge in [0.1, 0.15) is 0 Å². The number of sulfone groups is 1. The first kappa shape index (κ1) is 18.8. The Hall–Kier alpha value is -2.54. The zero-order valence-corrected chi connectivity index (χ0v) is 15.3. The van der Waals surface area contributed by atoms with Crippen LogP contribution in [-0.4, -0.2) is 37.1 Å². The van der Waals surface area contributed by atoms with E-state index in [9.17, 15) is 13.2 Å². The lowest BCUT2D eigenvalue weighted by Gasteiger charge is -2.24. The Morgan fingerprint density at radius 1 is 1.28 bits per heavy atom. The molecule has 0 aliphatic heterocycles. The number of anilines is 1. The van der Waals surface area contributed by atoms with Crippen molar-refractivity contribution in [3.63, 3.8) is 0 Å². The summed E-state index contributed by atoms with van der Waals surface area (Å²) in [4.78, 5) is 22.5. The molecule has 2 aromatic heterocycles. The number of hydrogen-bond donors (Lipinski definition) is 0. The van der Waals surface area contributed by atoms with Crippen LogP contribution in [0.3, 0.4) is 0 Å². The van der Waals surface area contributed by atoms with Gasteiger partial charge in [-0.1, -0.05) is 12.2 Å². The molecule has 132 valence electrons. The fourth-order valence-corrected chi connectivity index (χ4v) is 3.22. The lowest BCUT2D eigenvalue weighted by atomic mass is 10.1. The summed E-state index contributed by atoms with van der Waals surface area (Å²) in [5.74, 6) is -0.298. The van der Waals surface area contributed by atoms with E-state index in [1.54, 1.807) is 24.4 Å². The zero-order chi connectivity index (χ0) is 18.4. The van der Waals surface area contributed by atoms with Crippen LogP contribution in [0.2, 0.25) is 0 Å². The van der Waals surface area contributed by atoms with Gasteiger partial charge >= 0.3 is 0 Å². The fourth-order valence-electron chi connectivity index (χ4n) is 2.41. The number of aryl methyl sites for hydroxylation is 1. The number of rotatable bonds is 6. The average molecular weight is 359 g/mol. The number of allylic oxidation sites excluding steroid dienone is 1. The third-order valence-corrected chi connectivity index (χ3v) is 4.68. The molecule has 0 bridgehead atoms. The minimum absolute atomic E-state index is 0.106. The quantitative estimate of drug-likeness (QED) is 0.741. The summed E-state index contributed by atoms with van der Waals surface area (Å²) >= 11 is 0. The van der Waals surface area contributed by atoms with Crippen molar-refractivity contribution < 1.29 is 13.2 Å². The lowest BCUT2D eigenvalue weighted by molar-refractivity contribution is 0.0986. The topological polar surface area (TPSA) is 80.2 Å². The van der Waals surface area contributed by atoms with Gasteiger partial charge in [0.2, 0.25) is 0 Å². The Kier molecular flexibility index (Phi) is 6.03. The fraction of sp³-hybridized carbons (Fsp3) is 0.278. The molecule has 0 radical (unpaired) electrons. The van der Waals surface area contributed by atoms with Gasteiger partial charge in [-0.25, -0.2) is 13.4 Å². The molecule has 0 aromatic carbocycles. The van der Waals surface area contributed by atoms with Crippen molar-refractivity contribution in [3.05, 3.63) is 60.1 Å². The van der Waals surface area contributed by atoms with Crippen LogP contribution in [0.25, 0.3) is 0 Å². The Labute approximate surface area is 148 Å². The van der Waals surface area contributed by atoms with Gasteiger partial charge in [-0.2, -0.15) is 0 Å². The van der Waals surface area contributed by atoms with E-state index in [0.29, 0.717) is 18.5 Å². The molecule has 25 heavy (non-hydrogen) atoms. The second-order valence-electron chi connectivity index (χ2n) is 5.60. The molecular weight excluding hydrogens is 338 g/mol. The third-order valence-electron chi connectivity index (χ3n) is 3.66. The number of nitrogens with zero attached hydrogens (tertiary/aromatic N) is 3. The van der Waals surface area contributed by atoms with E-state index in [0.717, 1.165) is 11.8 Å². The molecule has 0 aliphatic carbocycles. The first-order chi connectivity index (χ1) is 11.9. The summed E-state index contributed by atoms with van der Waals surface area (Å²) < 4.78 is 24.2. The van der Waals surface area contributed by atoms with Crippen LogP contribution in [-0.2, 0) is 9.84 Å². The molecule has 0 saturated carbocycles. The molecule has 7 heteroatoms. The monoisotopic (exact) mass is 359 g/mol. The third kappa shape index (κ3) is 4.51. The first-order valence-electron chi connectivity index (χ1n) is 7.85. The summed E-state index contributed by atoms with van der Waals surface area (Å²) in [5, 5.41) is -0.106. The van der Waals surface area contributed by atoms with Crippen LogP contribution in [0.1, 0.15) is 29.3 Å². The molecule has 0 unspecified atom stereocenters. The summed E-state index contributed by atoms with van der Waals surface area (Å²) in [6, 6.07) is 4.97. The maximum atomic E-state index is 13.1. The van der Waals surface area contributed by atoms with Gasteiger partial charge in [-0.05, 0) is 44.0 Å². The molecule has 2 heterocycles. The summed E-state index contributed by atoms with van der Waals surface area (Å²) in [6.07, 6.45) is 10.0. The van der Waals surface area contributed by atoms with Crippen LogP contribution in [0.4, 0.5) is 5.69 Å². The summed E-state index contributed by atoms with van der Waals surface area (Å²) in [7, 11) is -3.57. The number of amides is 1. The number of pyridine rings is 2. The molecule has 0 aliphatic rings. The Bertz CT molecular complexity index is 892. The van der Waals surface area contributed by atoms with Crippen molar-refractivity contribution in [2.24, 2.45) is 0 Å². The molecule has 0 N–H and O–H groups in total. The molecule has 6 nitrogen and oxygen atoms in total. The van der Waals surface area contributed by atoms with E-state index in [4.69, 9.17) is 0 Å². The maximum absolute atomic E-state index is 13.1. The summed E-state index contributed by atoms with van der Waals surface area (Å²) in [6.45, 7) is 4.05. The van der Waals surface area contributed by atoms with Crippen molar-refractivity contribution in [2.75, 3.05) is 17.7 Å². The van der Waals surface area contributed by atoms with E-state index < -0.39 is 9.84 Å². The van der Waals surface area contributed by atoms with Gasteiger partial charge in [0, 0.05) is 31.4 Å². The van der Waals surface area contributed by atoms with Crippen LogP contribution in [0.5, 0.6) is 0 Å². The molecule has 1 amide bonds. The minimum Gasteiger partial charge on any atom is -0.305 e. The van der Waals surface area contributed by atoms with Crippen molar-refractivity contribution in [1.29, 1.82) is 0 Å². The van der Waals surface area contributed by atoms with Crippen LogP contribution in [0.15, 0.2) is 54.0 Å². The highest BCUT2D eigenvalue weighted by Gasteiger charge is 2.25. The second kappa shape index (κ2) is 8.02. The predicted molar refractivity (Wildman–Crippen MR) is 97.4 cm³/mol. The zero-order valence-electron chi connectivity index (χ0n) is 14.5. The minimum atomic E-state index is -3.57. The van der Waals surface area contributed by atoms with Crippen molar-refractivity contribution in [3.8, 4) is 0 Å². The normalized spacial score (nSPS) is 11.6. The number of aromatic nitrogens is 2. The highest BCUT2D eigenvalue weighted by molar-refractivity contribution is 7.90. The molecular formula is C18H21N3O3S. The largest absolute Gasteiger partial charge is 0.305 e. The highest BCUT2D eigenvalue weighted by atomic mass is 32.2. The van der Waals surface area contributed by atoms with Gasteiger partial charge < -0.3 is 4.90 Å². The van der Waals surface area contributed by atoms with Gasteiger partial charge in [0.05, 0.1) is 11.3 Å². The molecule has 0 spiro atoms. The summed E-state index contributed by atoms with van der Waals surface area (Å²) in [5.41, 5.74) is 1.50. The SMILES string of the molecule is C/C=C\CCN(C(=O)c1cnccc1C)c1cccnc1S(C)(=O)=O. The number of hydrogen-bond acceptors (Lipinski definition) is 5. The average Bonchev–Trinajstić information content (AvgIpc) is 2.58. The van der Waals surface area contributed by atoms with E-state index in [-0.39, 0.29) is 16.6 Å². The molecule has 0 atom stereocenters. The second-order valence-corrected chi connectivity index (χ2v) is 7.54. The molecule has 2 aromatic rings. The van der Waals surface area contributed by atoms with E-state index in [1.807, 2.05) is 26.0 Å². The Morgan fingerprint density at radius 3 is 2.68 bits per heavy atom. The Balaban J connectivity index is 2.55. The highest BCUT2D eigenvalue weighted by Crippen LogP contribution is 2.25. The number of carbonyl (C=O) groups is 1. The maximum Gasteiger partial charge on any atom is 0.260 e. The van der Waals surface area contributed by atoms with Crippen LogP contribution < -0.4 is 4.90 Å². The smallest absolute Gasteiger partial charge is 0.260 e. The van der Waals surface area contributed by atoms with Gasteiger partial charge in [0.25, 0.3) is 5.91 Å². The standard InChI is InChI=1S/C18H21N3O3S/c1-4-5-6-12-21(18(22)15-13-19-11-9-14(15)2)16-8-7-10-20-17(16)25(3,23)24/h4-5,7-11,13H,6,12H2,1-3H3/b5-4-. The molecule has 0 saturated heterocycles. The van der Waals surface area contributed by atoms with Crippen LogP contribution in [0, 0.1) is 6.92 Å². The van der Waals surface area contributed by atoms with Crippen molar-refractivity contribution in [2.45, 2.75) is 25.3 Å². The first-order valence-corrected chi connectivity index (χ1v) is 9.74. The van der Waals surface area contributed by atoms with Gasteiger partial charge in [0.15, 0.2) is 14.9 Å². The van der Waals surface area contributed by atoms with Gasteiger partial charge in [-0.15, -0.1) is 0 Å². The predicted octanol–water partition coefficient (Wildman–Crippen LogP) is 2.80. The Morgan fingerprint density at radius 2 is 2.04 bits per heavy atom. The lowest BCUT2D eigenvalue weighted by Crippen LogP contribution is -2.33. The van der Waals surface area contributed by atoms with Crippen molar-refractivity contribution in [1.82, 2.24) is 9.97 Å². The van der Waals surface area contributed by atoms with Crippen LogP contribution >= 0.6 is 0 Å². The number of carbonyl (C=O) groups excluding carboxylic acids is 1. The van der Waals surface area contributed by atoms with E-state index in [1.165, 1.54) is 17.3 Å². The molecule has 2 rings (SSSR count). The van der Waals surface area contributed by atoms with Gasteiger partial charge in [-0.3, -0.25) is 9.78 Å². The van der Waals surface area contributed by atoms with E-state index in [2.05, 4.69) is 9.97 Å². The van der Waals surface area contributed by atoms with E-state index >= 15 is 0 Å². The molecule has 0 fully saturated rings.